The number of hydrogen-bond donors (Lipinski definition) is 0. The molecule has 1 saturated heterocycles. The minimum Gasteiger partial charge on any atom is -0.378 e. The van der Waals surface area contributed by atoms with E-state index in [4.69, 9.17) is 4.74 Å². The molecule has 0 aromatic carbocycles. The van der Waals surface area contributed by atoms with E-state index in [0.717, 1.165) is 25.2 Å². The van der Waals surface area contributed by atoms with Crippen molar-refractivity contribution >= 4 is 0 Å². The molecular formula is C11H21NO. The van der Waals surface area contributed by atoms with E-state index in [9.17, 15) is 0 Å². The summed E-state index contributed by atoms with van der Waals surface area (Å²) < 4.78 is 5.55. The van der Waals surface area contributed by atoms with Gasteiger partial charge in [-0.3, -0.25) is 4.90 Å². The molecule has 0 aromatic rings. The van der Waals surface area contributed by atoms with Crippen LogP contribution in [0.4, 0.5) is 0 Å². The van der Waals surface area contributed by atoms with Gasteiger partial charge in [0.1, 0.15) is 0 Å². The van der Waals surface area contributed by atoms with E-state index in [1.807, 2.05) is 0 Å². The third kappa shape index (κ3) is 2.44. The summed E-state index contributed by atoms with van der Waals surface area (Å²) in [6.07, 6.45) is 4.15. The third-order valence-corrected chi connectivity index (χ3v) is 3.03. The zero-order chi connectivity index (χ0) is 9.26. The van der Waals surface area contributed by atoms with E-state index in [0.29, 0.717) is 6.04 Å². The van der Waals surface area contributed by atoms with E-state index in [1.165, 1.54) is 25.8 Å². The third-order valence-electron chi connectivity index (χ3n) is 3.03. The fourth-order valence-electron chi connectivity index (χ4n) is 2.30. The first-order valence-electron chi connectivity index (χ1n) is 5.61. The van der Waals surface area contributed by atoms with Gasteiger partial charge in [-0.15, -0.1) is 0 Å². The van der Waals surface area contributed by atoms with Crippen LogP contribution in [0.25, 0.3) is 0 Å². The molecule has 0 bridgehead atoms. The molecule has 1 aliphatic heterocycles. The second-order valence-corrected chi connectivity index (χ2v) is 4.83. The van der Waals surface area contributed by atoms with E-state index in [-0.39, 0.29) is 0 Å². The summed E-state index contributed by atoms with van der Waals surface area (Å²) >= 11 is 0. The summed E-state index contributed by atoms with van der Waals surface area (Å²) in [6.45, 7) is 7.70. The van der Waals surface area contributed by atoms with E-state index in [2.05, 4.69) is 18.7 Å². The van der Waals surface area contributed by atoms with Crippen molar-refractivity contribution in [3.05, 3.63) is 0 Å². The predicted octanol–water partition coefficient (Wildman–Crippen LogP) is 1.90. The zero-order valence-electron chi connectivity index (χ0n) is 8.83. The Balaban J connectivity index is 1.88. The number of morpholine rings is 1. The number of rotatable bonds is 3. The SMILES string of the molecule is CC(C)CC1COCCN1C1CC1. The molecule has 2 fully saturated rings. The van der Waals surface area contributed by atoms with Crippen molar-refractivity contribution in [1.29, 1.82) is 0 Å². The lowest BCUT2D eigenvalue weighted by Crippen LogP contribution is -2.47. The van der Waals surface area contributed by atoms with Gasteiger partial charge in [0, 0.05) is 18.6 Å². The van der Waals surface area contributed by atoms with Crippen LogP contribution in [0.2, 0.25) is 0 Å². The summed E-state index contributed by atoms with van der Waals surface area (Å²) in [4.78, 5) is 2.68. The van der Waals surface area contributed by atoms with E-state index >= 15 is 0 Å². The van der Waals surface area contributed by atoms with Gasteiger partial charge < -0.3 is 4.74 Å². The lowest BCUT2D eigenvalue weighted by Gasteiger charge is -2.36. The van der Waals surface area contributed by atoms with Gasteiger partial charge in [0.05, 0.1) is 13.2 Å². The minimum atomic E-state index is 0.709. The smallest absolute Gasteiger partial charge is 0.0622 e. The van der Waals surface area contributed by atoms with E-state index < -0.39 is 0 Å². The summed E-state index contributed by atoms with van der Waals surface area (Å²) in [5.41, 5.74) is 0. The highest BCUT2D eigenvalue weighted by Crippen LogP contribution is 2.31. The first-order valence-corrected chi connectivity index (χ1v) is 5.61. The first-order chi connectivity index (χ1) is 6.27. The fraction of sp³-hybridized carbons (Fsp3) is 1.00. The molecule has 0 radical (unpaired) electrons. The lowest BCUT2D eigenvalue weighted by molar-refractivity contribution is -0.0187. The summed E-state index contributed by atoms with van der Waals surface area (Å²) in [5.74, 6) is 0.799. The quantitative estimate of drug-likeness (QED) is 0.662. The average Bonchev–Trinajstić information content (AvgIpc) is 2.87. The molecule has 2 nitrogen and oxygen atoms in total. The normalized spacial score (nSPS) is 31.2. The second kappa shape index (κ2) is 3.97. The van der Waals surface area contributed by atoms with Gasteiger partial charge in [-0.2, -0.15) is 0 Å². The molecular weight excluding hydrogens is 162 g/mol. The van der Waals surface area contributed by atoms with Gasteiger partial charge in [-0.25, -0.2) is 0 Å². The molecule has 1 saturated carbocycles. The van der Waals surface area contributed by atoms with Crippen LogP contribution in [-0.4, -0.2) is 36.7 Å². The molecule has 13 heavy (non-hydrogen) atoms. The van der Waals surface area contributed by atoms with Gasteiger partial charge in [0.15, 0.2) is 0 Å². The van der Waals surface area contributed by atoms with Crippen molar-refractivity contribution in [2.24, 2.45) is 5.92 Å². The largest absolute Gasteiger partial charge is 0.378 e. The van der Waals surface area contributed by atoms with Gasteiger partial charge in [-0.05, 0) is 25.2 Å². The highest BCUT2D eigenvalue weighted by molar-refractivity contribution is 4.90. The maximum atomic E-state index is 5.55. The molecule has 0 aromatic heterocycles. The zero-order valence-corrected chi connectivity index (χ0v) is 8.83. The Morgan fingerprint density at radius 2 is 2.15 bits per heavy atom. The van der Waals surface area contributed by atoms with Crippen LogP contribution >= 0.6 is 0 Å². The van der Waals surface area contributed by atoms with Crippen molar-refractivity contribution in [1.82, 2.24) is 4.90 Å². The Bertz CT molecular complexity index is 165. The molecule has 2 heteroatoms. The van der Waals surface area contributed by atoms with Crippen molar-refractivity contribution < 1.29 is 4.74 Å². The average molecular weight is 183 g/mol. The van der Waals surface area contributed by atoms with Crippen molar-refractivity contribution in [3.8, 4) is 0 Å². The summed E-state index contributed by atoms with van der Waals surface area (Å²) in [5, 5.41) is 0. The maximum absolute atomic E-state index is 5.55. The van der Waals surface area contributed by atoms with Crippen LogP contribution in [0, 0.1) is 5.92 Å². The lowest BCUT2D eigenvalue weighted by atomic mass is 10.0. The van der Waals surface area contributed by atoms with Crippen LogP contribution in [0.5, 0.6) is 0 Å². The van der Waals surface area contributed by atoms with Crippen LogP contribution < -0.4 is 0 Å². The van der Waals surface area contributed by atoms with Crippen molar-refractivity contribution in [3.63, 3.8) is 0 Å². The molecule has 76 valence electrons. The maximum Gasteiger partial charge on any atom is 0.0622 e. The number of nitrogens with zero attached hydrogens (tertiary/aromatic N) is 1. The molecule has 2 aliphatic rings. The van der Waals surface area contributed by atoms with Gasteiger partial charge >= 0.3 is 0 Å². The fourth-order valence-corrected chi connectivity index (χ4v) is 2.30. The van der Waals surface area contributed by atoms with Crippen LogP contribution in [0.15, 0.2) is 0 Å². The van der Waals surface area contributed by atoms with E-state index in [1.54, 1.807) is 0 Å². The number of ether oxygens (including phenoxy) is 1. The Labute approximate surface area is 81.3 Å². The number of hydrogen-bond acceptors (Lipinski definition) is 2. The molecule has 0 spiro atoms. The molecule has 1 atom stereocenters. The molecule has 1 unspecified atom stereocenters. The van der Waals surface area contributed by atoms with Gasteiger partial charge in [0.25, 0.3) is 0 Å². The summed E-state index contributed by atoms with van der Waals surface area (Å²) in [7, 11) is 0. The highest BCUT2D eigenvalue weighted by atomic mass is 16.5. The molecule has 2 rings (SSSR count). The summed E-state index contributed by atoms with van der Waals surface area (Å²) in [6, 6.07) is 1.62. The molecule has 0 amide bonds. The standard InChI is InChI=1S/C11H21NO/c1-9(2)7-11-8-13-6-5-12(11)10-3-4-10/h9-11H,3-8H2,1-2H3. The van der Waals surface area contributed by atoms with Gasteiger partial charge in [-0.1, -0.05) is 13.8 Å². The molecule has 1 heterocycles. The van der Waals surface area contributed by atoms with Crippen molar-refractivity contribution in [2.45, 2.75) is 45.2 Å². The van der Waals surface area contributed by atoms with Crippen LogP contribution in [0.1, 0.15) is 33.1 Å². The minimum absolute atomic E-state index is 0.709. The Hall–Kier alpha value is -0.0800. The van der Waals surface area contributed by atoms with Crippen molar-refractivity contribution in [2.75, 3.05) is 19.8 Å². The Kier molecular flexibility index (Phi) is 2.89. The van der Waals surface area contributed by atoms with Crippen LogP contribution in [-0.2, 0) is 4.74 Å². The van der Waals surface area contributed by atoms with Gasteiger partial charge in [0.2, 0.25) is 0 Å². The monoisotopic (exact) mass is 183 g/mol. The van der Waals surface area contributed by atoms with Crippen LogP contribution in [0.3, 0.4) is 0 Å². The Morgan fingerprint density at radius 1 is 1.38 bits per heavy atom. The molecule has 1 aliphatic carbocycles. The highest BCUT2D eigenvalue weighted by Gasteiger charge is 2.35. The second-order valence-electron chi connectivity index (χ2n) is 4.83. The topological polar surface area (TPSA) is 12.5 Å². The first kappa shape index (κ1) is 9.47. The molecule has 0 N–H and O–H groups in total. The Morgan fingerprint density at radius 3 is 2.77 bits per heavy atom. The predicted molar refractivity (Wildman–Crippen MR) is 53.8 cm³/mol.